The van der Waals surface area contributed by atoms with Crippen LogP contribution in [-0.4, -0.2) is 0 Å². The summed E-state index contributed by atoms with van der Waals surface area (Å²) >= 11 is 0. The summed E-state index contributed by atoms with van der Waals surface area (Å²) in [5.74, 6) is 0. The van der Waals surface area contributed by atoms with E-state index >= 15 is 0 Å². The quantitative estimate of drug-likeness (QED) is 0.862. The van der Waals surface area contributed by atoms with Crippen LogP contribution in [0.25, 0.3) is 6.08 Å². The minimum atomic E-state index is 0. The van der Waals surface area contributed by atoms with Gasteiger partial charge in [0.15, 0.2) is 0 Å². The zero-order chi connectivity index (χ0) is 11.1. The van der Waals surface area contributed by atoms with E-state index in [2.05, 4.69) is 47.8 Å². The molecule has 2 heteroatoms. The summed E-state index contributed by atoms with van der Waals surface area (Å²) in [6.45, 7) is 0.865. The van der Waals surface area contributed by atoms with Crippen molar-refractivity contribution in [1.29, 1.82) is 0 Å². The van der Waals surface area contributed by atoms with Crippen molar-refractivity contribution in [2.24, 2.45) is 0 Å². The molecule has 0 aliphatic carbocycles. The molecule has 0 aromatic heterocycles. The molecule has 0 aliphatic rings. The summed E-state index contributed by atoms with van der Waals surface area (Å²) in [6, 6.07) is 20.6. The van der Waals surface area contributed by atoms with Crippen LogP contribution in [0.5, 0.6) is 0 Å². The van der Waals surface area contributed by atoms with E-state index in [-0.39, 0.29) is 12.4 Å². The second kappa shape index (κ2) is 7.53. The Morgan fingerprint density at radius 2 is 1.41 bits per heavy atom. The third-order valence-electron chi connectivity index (χ3n) is 2.34. The highest BCUT2D eigenvalue weighted by molar-refractivity contribution is 5.85. The second-order valence-electron chi connectivity index (χ2n) is 3.61. The van der Waals surface area contributed by atoms with Crippen molar-refractivity contribution in [1.82, 2.24) is 5.32 Å². The third-order valence-corrected chi connectivity index (χ3v) is 2.34. The molecular formula is C15H16ClN. The highest BCUT2D eigenvalue weighted by Crippen LogP contribution is 2.01. The summed E-state index contributed by atoms with van der Waals surface area (Å²) in [4.78, 5) is 0. The van der Waals surface area contributed by atoms with Crippen molar-refractivity contribution >= 4 is 18.5 Å². The molecule has 0 fully saturated rings. The lowest BCUT2D eigenvalue weighted by Crippen LogP contribution is -2.03. The van der Waals surface area contributed by atoms with Gasteiger partial charge in [0.05, 0.1) is 0 Å². The van der Waals surface area contributed by atoms with Crippen LogP contribution in [0.4, 0.5) is 0 Å². The number of hydrogen-bond donors (Lipinski definition) is 1. The van der Waals surface area contributed by atoms with Gasteiger partial charge in [0.1, 0.15) is 0 Å². The van der Waals surface area contributed by atoms with Crippen LogP contribution in [0.2, 0.25) is 0 Å². The molecule has 0 atom stereocenters. The zero-order valence-electron chi connectivity index (χ0n) is 9.54. The maximum Gasteiger partial charge on any atom is 0.0395 e. The topological polar surface area (TPSA) is 12.0 Å². The average Bonchev–Trinajstić information content (AvgIpc) is 2.37. The molecule has 88 valence electrons. The lowest BCUT2D eigenvalue weighted by atomic mass is 10.2. The van der Waals surface area contributed by atoms with Crippen LogP contribution >= 0.6 is 12.4 Å². The Morgan fingerprint density at radius 3 is 2.06 bits per heavy atom. The fourth-order valence-electron chi connectivity index (χ4n) is 1.49. The van der Waals surface area contributed by atoms with Gasteiger partial charge in [0.25, 0.3) is 0 Å². The molecule has 0 saturated carbocycles. The lowest BCUT2D eigenvalue weighted by Gasteiger charge is -2.00. The molecule has 2 aromatic rings. The molecule has 0 aliphatic heterocycles. The minimum Gasteiger partial charge on any atom is -0.387 e. The highest BCUT2D eigenvalue weighted by Gasteiger charge is 1.86. The Hall–Kier alpha value is -1.73. The van der Waals surface area contributed by atoms with Gasteiger partial charge >= 0.3 is 0 Å². The van der Waals surface area contributed by atoms with Gasteiger partial charge in [-0.1, -0.05) is 60.7 Å². The Labute approximate surface area is 109 Å². The number of hydrogen-bond acceptors (Lipinski definition) is 1. The monoisotopic (exact) mass is 245 g/mol. The largest absolute Gasteiger partial charge is 0.387 e. The molecule has 0 unspecified atom stereocenters. The van der Waals surface area contributed by atoms with Crippen LogP contribution in [-0.2, 0) is 6.54 Å². The Balaban J connectivity index is 0.00000144. The normalized spacial score (nSPS) is 9.88. The van der Waals surface area contributed by atoms with Gasteiger partial charge in [-0.25, -0.2) is 0 Å². The fraction of sp³-hybridized carbons (Fsp3) is 0.0667. The summed E-state index contributed by atoms with van der Waals surface area (Å²) in [5, 5.41) is 3.27. The molecule has 2 rings (SSSR count). The minimum absolute atomic E-state index is 0. The van der Waals surface area contributed by atoms with Crippen molar-refractivity contribution in [3.05, 3.63) is 78.0 Å². The predicted molar refractivity (Wildman–Crippen MR) is 76.0 cm³/mol. The SMILES string of the molecule is C(=Cc1ccccc1)NCc1ccccc1.Cl. The smallest absolute Gasteiger partial charge is 0.0395 e. The third kappa shape index (κ3) is 4.75. The van der Waals surface area contributed by atoms with Crippen molar-refractivity contribution in [2.75, 3.05) is 0 Å². The van der Waals surface area contributed by atoms with Crippen LogP contribution in [0.1, 0.15) is 11.1 Å². The first-order valence-electron chi connectivity index (χ1n) is 5.44. The predicted octanol–water partition coefficient (Wildman–Crippen LogP) is 3.87. The van der Waals surface area contributed by atoms with E-state index in [1.165, 1.54) is 11.1 Å². The fourth-order valence-corrected chi connectivity index (χ4v) is 1.49. The van der Waals surface area contributed by atoms with Gasteiger partial charge in [-0.2, -0.15) is 0 Å². The Kier molecular flexibility index (Phi) is 5.91. The van der Waals surface area contributed by atoms with Gasteiger partial charge in [-0.15, -0.1) is 12.4 Å². The Bertz CT molecular complexity index is 437. The first-order valence-corrected chi connectivity index (χ1v) is 5.44. The van der Waals surface area contributed by atoms with Crippen LogP contribution in [0.3, 0.4) is 0 Å². The van der Waals surface area contributed by atoms with Crippen molar-refractivity contribution in [3.63, 3.8) is 0 Å². The molecule has 1 N–H and O–H groups in total. The molecule has 1 nitrogen and oxygen atoms in total. The molecule has 0 bridgehead atoms. The van der Waals surface area contributed by atoms with Gasteiger partial charge in [0, 0.05) is 6.54 Å². The first-order chi connectivity index (χ1) is 7.95. The molecule has 0 amide bonds. The standard InChI is InChI=1S/C15H15N.ClH/c1-3-7-14(8-4-1)11-12-16-13-15-9-5-2-6-10-15;/h1-12,16H,13H2;1H. The molecular weight excluding hydrogens is 230 g/mol. The summed E-state index contributed by atoms with van der Waals surface area (Å²) in [5.41, 5.74) is 2.50. The number of nitrogens with one attached hydrogen (secondary N) is 1. The van der Waals surface area contributed by atoms with E-state index < -0.39 is 0 Å². The van der Waals surface area contributed by atoms with Gasteiger partial charge in [-0.3, -0.25) is 0 Å². The lowest BCUT2D eigenvalue weighted by molar-refractivity contribution is 0.874. The first kappa shape index (κ1) is 13.3. The maximum absolute atomic E-state index is 3.27. The number of benzene rings is 2. The van der Waals surface area contributed by atoms with E-state index in [4.69, 9.17) is 0 Å². The summed E-state index contributed by atoms with van der Waals surface area (Å²) < 4.78 is 0. The summed E-state index contributed by atoms with van der Waals surface area (Å²) in [7, 11) is 0. The molecule has 0 heterocycles. The van der Waals surface area contributed by atoms with E-state index in [1.807, 2.05) is 30.5 Å². The van der Waals surface area contributed by atoms with E-state index in [9.17, 15) is 0 Å². The molecule has 2 aromatic carbocycles. The van der Waals surface area contributed by atoms with Gasteiger partial charge in [0.2, 0.25) is 0 Å². The van der Waals surface area contributed by atoms with Gasteiger partial charge < -0.3 is 5.32 Å². The highest BCUT2D eigenvalue weighted by atomic mass is 35.5. The molecule has 0 spiro atoms. The van der Waals surface area contributed by atoms with Crippen molar-refractivity contribution in [3.8, 4) is 0 Å². The second-order valence-corrected chi connectivity index (χ2v) is 3.61. The average molecular weight is 246 g/mol. The summed E-state index contributed by atoms with van der Waals surface area (Å²) in [6.07, 6.45) is 4.06. The van der Waals surface area contributed by atoms with Crippen LogP contribution < -0.4 is 5.32 Å². The van der Waals surface area contributed by atoms with E-state index in [0.717, 1.165) is 6.54 Å². The molecule has 17 heavy (non-hydrogen) atoms. The zero-order valence-corrected chi connectivity index (χ0v) is 10.4. The van der Waals surface area contributed by atoms with Gasteiger partial charge in [-0.05, 0) is 23.4 Å². The Morgan fingerprint density at radius 1 is 0.824 bits per heavy atom. The number of rotatable bonds is 4. The van der Waals surface area contributed by atoms with E-state index in [0.29, 0.717) is 0 Å². The van der Waals surface area contributed by atoms with Crippen LogP contribution in [0, 0.1) is 0 Å². The maximum atomic E-state index is 3.27. The van der Waals surface area contributed by atoms with Crippen LogP contribution in [0.15, 0.2) is 66.9 Å². The molecule has 0 saturated heterocycles. The number of halogens is 1. The van der Waals surface area contributed by atoms with E-state index in [1.54, 1.807) is 0 Å². The van der Waals surface area contributed by atoms with Crippen molar-refractivity contribution in [2.45, 2.75) is 6.54 Å². The van der Waals surface area contributed by atoms with Crippen molar-refractivity contribution < 1.29 is 0 Å². The molecule has 0 radical (unpaired) electrons.